The molecule has 0 aromatic heterocycles. The lowest BCUT2D eigenvalue weighted by Crippen LogP contribution is -2.37. The summed E-state index contributed by atoms with van der Waals surface area (Å²) < 4.78 is 6.40. The maximum absolute atomic E-state index is 6.40. The zero-order valence-electron chi connectivity index (χ0n) is 13.0. The van der Waals surface area contributed by atoms with Crippen LogP contribution in [0.25, 0.3) is 0 Å². The molecule has 0 saturated carbocycles. The third-order valence-corrected chi connectivity index (χ3v) is 7.38. The molecule has 2 aromatic rings. The summed E-state index contributed by atoms with van der Waals surface area (Å²) in [6, 6.07) is 21.6. The van der Waals surface area contributed by atoms with Crippen LogP contribution in [0, 0.1) is 0 Å². The van der Waals surface area contributed by atoms with Crippen molar-refractivity contribution in [2.75, 3.05) is 0 Å². The van der Waals surface area contributed by atoms with Gasteiger partial charge in [0.05, 0.1) is 6.10 Å². The molecule has 1 saturated heterocycles. The Hall–Kier alpha value is -1.17. The van der Waals surface area contributed by atoms with E-state index in [4.69, 9.17) is 4.74 Å². The lowest BCUT2D eigenvalue weighted by molar-refractivity contribution is 0.0190. The van der Waals surface area contributed by atoms with Gasteiger partial charge in [-0.3, -0.25) is 0 Å². The fourth-order valence-electron chi connectivity index (χ4n) is 3.37. The second-order valence-electron chi connectivity index (χ2n) is 6.43. The van der Waals surface area contributed by atoms with Gasteiger partial charge in [0.1, 0.15) is 5.85 Å². The molecule has 0 amide bonds. The molecular weight excluding hydrogens is 275 g/mol. The highest BCUT2D eigenvalue weighted by atomic mass is 31.1. The van der Waals surface area contributed by atoms with Crippen molar-refractivity contribution in [2.24, 2.45) is 0 Å². The smallest absolute Gasteiger partial charge is 0.106 e. The van der Waals surface area contributed by atoms with E-state index in [9.17, 15) is 0 Å². The number of ether oxygens (including phenoxy) is 1. The zero-order chi connectivity index (χ0) is 14.9. The first kappa shape index (κ1) is 14.8. The van der Waals surface area contributed by atoms with Crippen molar-refractivity contribution in [3.63, 3.8) is 0 Å². The van der Waals surface area contributed by atoms with Crippen molar-refractivity contribution in [1.82, 2.24) is 0 Å². The summed E-state index contributed by atoms with van der Waals surface area (Å²) in [6.07, 6.45) is 1.43. The summed E-state index contributed by atoms with van der Waals surface area (Å²) >= 11 is 0. The molecule has 0 unspecified atom stereocenters. The van der Waals surface area contributed by atoms with E-state index in [1.54, 1.807) is 0 Å². The zero-order valence-corrected chi connectivity index (χ0v) is 13.9. The van der Waals surface area contributed by atoms with E-state index in [-0.39, 0.29) is 11.0 Å². The number of benzene rings is 2. The van der Waals surface area contributed by atoms with Crippen LogP contribution in [0.5, 0.6) is 0 Å². The third-order valence-electron chi connectivity index (χ3n) is 4.15. The summed E-state index contributed by atoms with van der Waals surface area (Å²) in [5.41, 5.74) is 1.31. The fourth-order valence-corrected chi connectivity index (χ4v) is 6.72. The van der Waals surface area contributed by atoms with Crippen molar-refractivity contribution < 1.29 is 4.74 Å². The van der Waals surface area contributed by atoms with E-state index < -0.39 is 7.92 Å². The average Bonchev–Trinajstić information content (AvgIpc) is 2.47. The summed E-state index contributed by atoms with van der Waals surface area (Å²) in [4.78, 5) is 0. The Morgan fingerprint density at radius 3 is 2.14 bits per heavy atom. The van der Waals surface area contributed by atoms with Gasteiger partial charge >= 0.3 is 0 Å². The Morgan fingerprint density at radius 1 is 0.952 bits per heavy atom. The largest absolute Gasteiger partial charge is 0.366 e. The number of hydrogen-bond donors (Lipinski definition) is 0. The first-order chi connectivity index (χ1) is 10.1. The topological polar surface area (TPSA) is 9.23 Å². The quantitative estimate of drug-likeness (QED) is 0.702. The molecule has 0 N–H and O–H groups in total. The van der Waals surface area contributed by atoms with Crippen LogP contribution in [0.4, 0.5) is 0 Å². The minimum atomic E-state index is -0.399. The van der Waals surface area contributed by atoms with Crippen LogP contribution in [0.3, 0.4) is 0 Å². The normalized spacial score (nSPS) is 28.2. The molecule has 2 heteroatoms. The van der Waals surface area contributed by atoms with Gasteiger partial charge < -0.3 is 4.74 Å². The van der Waals surface area contributed by atoms with E-state index in [0.717, 1.165) is 6.42 Å². The molecule has 2 aromatic carbocycles. The molecule has 1 heterocycles. The van der Waals surface area contributed by atoms with Crippen LogP contribution in [0.2, 0.25) is 0 Å². The Labute approximate surface area is 129 Å². The van der Waals surface area contributed by atoms with Gasteiger partial charge in [-0.25, -0.2) is 0 Å². The molecule has 3 rings (SSSR count). The summed E-state index contributed by atoms with van der Waals surface area (Å²) in [5, 5.41) is 1.73. The van der Waals surface area contributed by atoms with Crippen molar-refractivity contribution in [3.8, 4) is 0 Å². The second-order valence-corrected chi connectivity index (χ2v) is 9.37. The molecule has 1 fully saturated rings. The van der Waals surface area contributed by atoms with Crippen molar-refractivity contribution in [2.45, 2.75) is 44.3 Å². The van der Waals surface area contributed by atoms with Gasteiger partial charge in [0.2, 0.25) is 0 Å². The van der Waals surface area contributed by atoms with Crippen LogP contribution >= 0.6 is 7.92 Å². The highest BCUT2D eigenvalue weighted by Crippen LogP contribution is 2.64. The first-order valence-electron chi connectivity index (χ1n) is 7.63. The van der Waals surface area contributed by atoms with E-state index in [1.807, 2.05) is 0 Å². The van der Waals surface area contributed by atoms with E-state index >= 15 is 0 Å². The minimum absolute atomic E-state index is 0.197. The van der Waals surface area contributed by atoms with Crippen molar-refractivity contribution >= 4 is 13.2 Å². The van der Waals surface area contributed by atoms with Gasteiger partial charge in [0.25, 0.3) is 0 Å². The molecule has 0 spiro atoms. The third kappa shape index (κ3) is 3.05. The molecule has 0 aliphatic carbocycles. The fraction of sp³-hybridized carbons (Fsp3) is 0.368. The standard InChI is InChI=1S/C19H23OP/c1-15-14-19(2,3)21(17-12-8-5-9-13-17)18(20-15)16-10-6-4-7-11-16/h4-13,15,18H,14H2,1-3H3/t15-,18-,21-/m1/s1. The number of hydrogen-bond acceptors (Lipinski definition) is 1. The Balaban J connectivity index is 2.06. The summed E-state index contributed by atoms with van der Waals surface area (Å²) in [7, 11) is -0.399. The molecule has 1 aliphatic heterocycles. The SMILES string of the molecule is C[C@@H]1CC(C)(C)[P@](c2ccccc2)[C@H](c2ccccc2)O1. The molecule has 1 nitrogen and oxygen atoms in total. The van der Waals surface area contributed by atoms with E-state index in [1.165, 1.54) is 10.9 Å². The molecule has 0 radical (unpaired) electrons. The van der Waals surface area contributed by atoms with Gasteiger partial charge in [-0.05, 0) is 37.3 Å². The van der Waals surface area contributed by atoms with Crippen molar-refractivity contribution in [3.05, 3.63) is 66.2 Å². The maximum atomic E-state index is 6.40. The molecule has 1 aliphatic rings. The summed E-state index contributed by atoms with van der Waals surface area (Å²) in [5.74, 6) is 0.197. The van der Waals surface area contributed by atoms with Crippen LogP contribution in [-0.4, -0.2) is 11.3 Å². The minimum Gasteiger partial charge on any atom is -0.366 e. The molecule has 3 atom stereocenters. The van der Waals surface area contributed by atoms with Gasteiger partial charge in [-0.2, -0.15) is 0 Å². The molecule has 21 heavy (non-hydrogen) atoms. The Morgan fingerprint density at radius 2 is 1.52 bits per heavy atom. The Bertz CT molecular complexity index is 579. The average molecular weight is 298 g/mol. The van der Waals surface area contributed by atoms with Crippen LogP contribution in [0.15, 0.2) is 60.7 Å². The highest BCUT2D eigenvalue weighted by Gasteiger charge is 2.43. The van der Waals surface area contributed by atoms with Gasteiger partial charge in [-0.1, -0.05) is 74.5 Å². The predicted molar refractivity (Wildman–Crippen MR) is 91.4 cm³/mol. The van der Waals surface area contributed by atoms with E-state index in [2.05, 4.69) is 81.4 Å². The van der Waals surface area contributed by atoms with Gasteiger partial charge in [0, 0.05) is 0 Å². The molecular formula is C19H23OP. The number of rotatable bonds is 2. The predicted octanol–water partition coefficient (Wildman–Crippen LogP) is 5.08. The van der Waals surface area contributed by atoms with Gasteiger partial charge in [-0.15, -0.1) is 0 Å². The first-order valence-corrected chi connectivity index (χ1v) is 9.04. The lowest BCUT2D eigenvalue weighted by Gasteiger charge is -2.47. The van der Waals surface area contributed by atoms with Crippen LogP contribution in [0.1, 0.15) is 38.6 Å². The monoisotopic (exact) mass is 298 g/mol. The lowest BCUT2D eigenvalue weighted by atomic mass is 10.1. The summed E-state index contributed by atoms with van der Waals surface area (Å²) in [6.45, 7) is 7.01. The van der Waals surface area contributed by atoms with Gasteiger partial charge in [0.15, 0.2) is 0 Å². The maximum Gasteiger partial charge on any atom is 0.106 e. The van der Waals surface area contributed by atoms with Crippen molar-refractivity contribution in [1.29, 1.82) is 0 Å². The van der Waals surface area contributed by atoms with E-state index in [0.29, 0.717) is 6.10 Å². The highest BCUT2D eigenvalue weighted by molar-refractivity contribution is 7.67. The molecule has 0 bridgehead atoms. The molecule has 110 valence electrons. The van der Waals surface area contributed by atoms with Crippen LogP contribution < -0.4 is 5.30 Å². The van der Waals surface area contributed by atoms with Crippen LogP contribution in [-0.2, 0) is 4.74 Å². The Kier molecular flexibility index (Phi) is 4.15. The second kappa shape index (κ2) is 5.91.